The molecule has 0 amide bonds. The summed E-state index contributed by atoms with van der Waals surface area (Å²) in [5.41, 5.74) is 0.0574. The Labute approximate surface area is 157 Å². The molecule has 140 valence electrons. The minimum Gasteiger partial charge on any atom is -0.478 e. The number of benzene rings is 1. The molecule has 2 heterocycles. The van der Waals surface area contributed by atoms with Crippen LogP contribution >= 0.6 is 11.6 Å². The number of likely N-dealkylation sites (N-methyl/N-ethyl adjacent to an activating group) is 1. The fraction of sp³-hybridized carbons (Fsp3) is 0.167. The van der Waals surface area contributed by atoms with Gasteiger partial charge >= 0.3 is 5.97 Å². The van der Waals surface area contributed by atoms with Crippen molar-refractivity contribution in [1.29, 1.82) is 0 Å². The van der Waals surface area contributed by atoms with Crippen molar-refractivity contribution in [1.82, 2.24) is 9.88 Å². The lowest BCUT2D eigenvalue weighted by Crippen LogP contribution is -2.39. The number of carbonyl (C=O) groups is 1. The Morgan fingerprint density at radius 2 is 1.93 bits per heavy atom. The van der Waals surface area contributed by atoms with E-state index in [9.17, 15) is 23.1 Å². The van der Waals surface area contributed by atoms with Gasteiger partial charge in [-0.1, -0.05) is 17.7 Å². The van der Waals surface area contributed by atoms with E-state index in [-0.39, 0.29) is 27.8 Å². The Morgan fingerprint density at radius 3 is 2.52 bits per heavy atom. The first-order valence-corrected chi connectivity index (χ1v) is 8.10. The first-order chi connectivity index (χ1) is 12.7. The van der Waals surface area contributed by atoms with Gasteiger partial charge in [-0.05, 0) is 24.6 Å². The van der Waals surface area contributed by atoms with Crippen molar-refractivity contribution in [3.05, 3.63) is 75.5 Å². The predicted octanol–water partition coefficient (Wildman–Crippen LogP) is 3.94. The summed E-state index contributed by atoms with van der Waals surface area (Å²) in [6.07, 6.45) is 0.834. The summed E-state index contributed by atoms with van der Waals surface area (Å²) in [7, 11) is 1.48. The average Bonchev–Trinajstić information content (AvgIpc) is 2.57. The third-order valence-corrected chi connectivity index (χ3v) is 4.49. The van der Waals surface area contributed by atoms with Crippen molar-refractivity contribution in [2.45, 2.75) is 13.0 Å². The lowest BCUT2D eigenvalue weighted by atomic mass is 9.93. The normalized spacial score (nSPS) is 17.2. The molecular weight excluding hydrogens is 383 g/mol. The Balaban J connectivity index is 2.22. The second-order valence-electron chi connectivity index (χ2n) is 5.90. The highest BCUT2D eigenvalue weighted by atomic mass is 35.5. The molecule has 0 saturated heterocycles. The van der Waals surface area contributed by atoms with Crippen LogP contribution in [0.5, 0.6) is 0 Å². The summed E-state index contributed by atoms with van der Waals surface area (Å²) in [5.74, 6) is -3.64. The topological polar surface area (TPSA) is 65.8 Å². The molecule has 27 heavy (non-hydrogen) atoms. The second kappa shape index (κ2) is 7.03. The SMILES string of the molecule is CC1=C(C(=O)O)C(c2ccc(F)cc2Cl)N(C)C(c2ncc(F)cc2F)=N1. The van der Waals surface area contributed by atoms with Gasteiger partial charge in [0.2, 0.25) is 0 Å². The van der Waals surface area contributed by atoms with Crippen LogP contribution in [0.3, 0.4) is 0 Å². The first-order valence-electron chi connectivity index (χ1n) is 7.72. The number of rotatable bonds is 3. The molecule has 0 saturated carbocycles. The maximum atomic E-state index is 14.2. The molecule has 5 nitrogen and oxygen atoms in total. The molecule has 2 aromatic rings. The summed E-state index contributed by atoms with van der Waals surface area (Å²) in [6, 6.07) is 3.24. The van der Waals surface area contributed by atoms with Crippen molar-refractivity contribution in [3.63, 3.8) is 0 Å². The molecule has 1 aromatic heterocycles. The van der Waals surface area contributed by atoms with Gasteiger partial charge < -0.3 is 10.0 Å². The maximum Gasteiger partial charge on any atom is 0.335 e. The predicted molar refractivity (Wildman–Crippen MR) is 92.9 cm³/mol. The molecule has 1 aromatic carbocycles. The van der Waals surface area contributed by atoms with E-state index in [1.165, 1.54) is 24.9 Å². The Bertz CT molecular complexity index is 1010. The van der Waals surface area contributed by atoms with Crippen molar-refractivity contribution in [2.24, 2.45) is 4.99 Å². The van der Waals surface area contributed by atoms with E-state index in [0.29, 0.717) is 11.6 Å². The lowest BCUT2D eigenvalue weighted by molar-refractivity contribution is -0.133. The number of allylic oxidation sites excluding steroid dienone is 1. The van der Waals surface area contributed by atoms with Crippen LogP contribution in [-0.2, 0) is 4.79 Å². The van der Waals surface area contributed by atoms with Gasteiger partial charge in [-0.15, -0.1) is 0 Å². The number of carboxylic acids is 1. The lowest BCUT2D eigenvalue weighted by Gasteiger charge is -2.35. The molecule has 1 atom stereocenters. The molecular formula is C18H13ClF3N3O2. The van der Waals surface area contributed by atoms with Crippen LogP contribution in [0.25, 0.3) is 0 Å². The zero-order valence-corrected chi connectivity index (χ0v) is 14.9. The van der Waals surface area contributed by atoms with Crippen LogP contribution in [0.2, 0.25) is 5.02 Å². The van der Waals surface area contributed by atoms with E-state index in [2.05, 4.69) is 9.98 Å². The molecule has 1 aliphatic heterocycles. The maximum absolute atomic E-state index is 14.2. The molecule has 9 heteroatoms. The Kier molecular flexibility index (Phi) is 4.93. The third kappa shape index (κ3) is 3.40. The van der Waals surface area contributed by atoms with Gasteiger partial charge in [0.05, 0.1) is 23.5 Å². The van der Waals surface area contributed by atoms with Gasteiger partial charge in [0.25, 0.3) is 0 Å². The Morgan fingerprint density at radius 1 is 1.22 bits per heavy atom. The standard InChI is InChI=1S/C18H13ClF3N3O2/c1-8-14(18(26)27)16(11-4-3-9(20)5-12(11)19)25(2)17(24-8)15-13(22)6-10(21)7-23-15/h3-7,16H,1-2H3,(H,26,27). The minimum absolute atomic E-state index is 0.000363. The number of hydrogen-bond donors (Lipinski definition) is 1. The second-order valence-corrected chi connectivity index (χ2v) is 6.31. The van der Waals surface area contributed by atoms with Crippen LogP contribution in [0.15, 0.2) is 46.7 Å². The fourth-order valence-electron chi connectivity index (χ4n) is 2.97. The number of hydrogen-bond acceptors (Lipinski definition) is 4. The van der Waals surface area contributed by atoms with E-state index in [0.717, 1.165) is 18.3 Å². The quantitative estimate of drug-likeness (QED) is 0.854. The van der Waals surface area contributed by atoms with Gasteiger partial charge in [0, 0.05) is 18.1 Å². The monoisotopic (exact) mass is 395 g/mol. The number of aromatic nitrogens is 1. The van der Waals surface area contributed by atoms with Crippen LogP contribution in [0.4, 0.5) is 13.2 Å². The number of amidine groups is 1. The molecule has 0 fully saturated rings. The van der Waals surface area contributed by atoms with Crippen LogP contribution in [0, 0.1) is 17.5 Å². The van der Waals surface area contributed by atoms with Crippen LogP contribution < -0.4 is 0 Å². The number of aliphatic carboxylic acids is 1. The fourth-order valence-corrected chi connectivity index (χ4v) is 3.24. The smallest absolute Gasteiger partial charge is 0.335 e. The first kappa shape index (κ1) is 18.9. The molecule has 0 bridgehead atoms. The van der Waals surface area contributed by atoms with E-state index >= 15 is 0 Å². The molecule has 1 unspecified atom stereocenters. The highest BCUT2D eigenvalue weighted by Crippen LogP contribution is 2.38. The average molecular weight is 396 g/mol. The van der Waals surface area contributed by atoms with E-state index in [4.69, 9.17) is 11.6 Å². The summed E-state index contributed by atoms with van der Waals surface area (Å²) < 4.78 is 40.9. The van der Waals surface area contributed by atoms with Gasteiger partial charge in [-0.25, -0.2) is 27.9 Å². The summed E-state index contributed by atoms with van der Waals surface area (Å²) in [4.78, 5) is 21.1. The van der Waals surface area contributed by atoms with Crippen LogP contribution in [0.1, 0.15) is 24.2 Å². The van der Waals surface area contributed by atoms with Crippen molar-refractivity contribution >= 4 is 23.4 Å². The molecule has 0 spiro atoms. The van der Waals surface area contributed by atoms with Crippen molar-refractivity contribution in [3.8, 4) is 0 Å². The molecule has 1 N–H and O–H groups in total. The van der Waals surface area contributed by atoms with E-state index < -0.39 is 29.5 Å². The summed E-state index contributed by atoms with van der Waals surface area (Å²) in [5, 5.41) is 9.65. The largest absolute Gasteiger partial charge is 0.478 e. The minimum atomic E-state index is -1.25. The number of nitrogens with zero attached hydrogens (tertiary/aromatic N) is 3. The van der Waals surface area contributed by atoms with Gasteiger partial charge in [0.15, 0.2) is 11.7 Å². The van der Waals surface area contributed by atoms with Gasteiger partial charge in [0.1, 0.15) is 17.3 Å². The molecule has 0 aliphatic carbocycles. The Hall–Kier alpha value is -2.87. The van der Waals surface area contributed by atoms with E-state index in [1.54, 1.807) is 0 Å². The number of aliphatic imine (C=N–C) groups is 1. The van der Waals surface area contributed by atoms with Gasteiger partial charge in [-0.2, -0.15) is 0 Å². The highest BCUT2D eigenvalue weighted by Gasteiger charge is 2.36. The summed E-state index contributed by atoms with van der Waals surface area (Å²) >= 11 is 6.13. The highest BCUT2D eigenvalue weighted by molar-refractivity contribution is 6.31. The zero-order chi connectivity index (χ0) is 19.9. The molecule has 0 radical (unpaired) electrons. The van der Waals surface area contributed by atoms with E-state index in [1.807, 2.05) is 0 Å². The van der Waals surface area contributed by atoms with Crippen molar-refractivity contribution < 1.29 is 23.1 Å². The molecule has 1 aliphatic rings. The zero-order valence-electron chi connectivity index (χ0n) is 14.2. The summed E-state index contributed by atoms with van der Waals surface area (Å²) in [6.45, 7) is 1.45. The van der Waals surface area contributed by atoms with Crippen LogP contribution in [-0.4, -0.2) is 33.8 Å². The number of halogens is 4. The number of carboxylic acid groups (broad SMARTS) is 1. The molecule has 3 rings (SSSR count). The third-order valence-electron chi connectivity index (χ3n) is 4.17. The van der Waals surface area contributed by atoms with Crippen molar-refractivity contribution in [2.75, 3.05) is 7.05 Å². The van der Waals surface area contributed by atoms with Gasteiger partial charge in [-0.3, -0.25) is 0 Å². The number of pyridine rings is 1.